The van der Waals surface area contributed by atoms with Gasteiger partial charge in [-0.3, -0.25) is 9.79 Å². The number of benzene rings is 1. The van der Waals surface area contributed by atoms with E-state index in [0.29, 0.717) is 0 Å². The van der Waals surface area contributed by atoms with Crippen molar-refractivity contribution in [2.24, 2.45) is 0 Å². The average Bonchev–Trinajstić information content (AvgIpc) is 1.85. The Balaban J connectivity index is 0.00000121. The topological polar surface area (TPSA) is 66.8 Å². The normalized spacial score (nSPS) is 10.2. The summed E-state index contributed by atoms with van der Waals surface area (Å²) in [4.78, 5) is 16.7. The zero-order chi connectivity index (χ0) is 8.32. The molecule has 2 N–H and O–H groups in total. The summed E-state index contributed by atoms with van der Waals surface area (Å²) in [7, 11) is -4.39. The second kappa shape index (κ2) is 5.02. The van der Waals surface area contributed by atoms with Gasteiger partial charge in [-0.05, 0) is 12.1 Å². The zero-order valence-corrected chi connectivity index (χ0v) is 9.44. The maximum absolute atomic E-state index is 10.3. The van der Waals surface area contributed by atoms with Crippen molar-refractivity contribution in [3.05, 3.63) is 30.3 Å². The molecule has 4 nitrogen and oxygen atoms in total. The van der Waals surface area contributed by atoms with E-state index in [0.717, 1.165) is 0 Å². The number of para-hydroxylation sites is 1. The molecule has 1 aromatic carbocycles. The molecule has 0 atom stereocenters. The molecule has 0 saturated carbocycles. The van der Waals surface area contributed by atoms with Gasteiger partial charge in [-0.25, -0.2) is 4.57 Å². The fourth-order valence-corrected chi connectivity index (χ4v) is 1.02. The van der Waals surface area contributed by atoms with E-state index >= 15 is 0 Å². The Morgan fingerprint density at radius 2 is 1.67 bits per heavy atom. The van der Waals surface area contributed by atoms with Gasteiger partial charge in [0.1, 0.15) is 5.75 Å². The van der Waals surface area contributed by atoms with Crippen LogP contribution in [-0.2, 0) is 4.57 Å². The van der Waals surface area contributed by atoms with Crippen LogP contribution in [0.3, 0.4) is 0 Å². The monoisotopic (exact) mass is 197 g/mol. The van der Waals surface area contributed by atoms with E-state index in [1.54, 1.807) is 18.2 Å². The van der Waals surface area contributed by atoms with E-state index in [9.17, 15) is 4.57 Å². The summed E-state index contributed by atoms with van der Waals surface area (Å²) in [6.45, 7) is 0. The van der Waals surface area contributed by atoms with Crippen LogP contribution in [0.5, 0.6) is 5.75 Å². The molecule has 0 fully saturated rings. The number of rotatable bonds is 2. The minimum absolute atomic E-state index is 0. The second-order valence-corrected chi connectivity index (χ2v) is 3.06. The van der Waals surface area contributed by atoms with Gasteiger partial charge in [0.15, 0.2) is 0 Å². The molecule has 0 aliphatic carbocycles. The van der Waals surface area contributed by atoms with Gasteiger partial charge in [0, 0.05) is 0 Å². The summed E-state index contributed by atoms with van der Waals surface area (Å²) in [6, 6.07) is 7.93. The van der Waals surface area contributed by atoms with Gasteiger partial charge in [0.25, 0.3) is 0 Å². The van der Waals surface area contributed by atoms with Gasteiger partial charge in [0.2, 0.25) is 0 Å². The Labute approximate surface area is 92.1 Å². The molecule has 12 heavy (non-hydrogen) atoms. The van der Waals surface area contributed by atoms with Gasteiger partial charge < -0.3 is 4.52 Å². The predicted molar refractivity (Wildman–Crippen MR) is 39.1 cm³/mol. The van der Waals surface area contributed by atoms with Crippen molar-refractivity contribution < 1.29 is 48.4 Å². The molecule has 6 heteroatoms. The molecule has 1 rings (SSSR count). The third-order valence-electron chi connectivity index (χ3n) is 0.968. The molecule has 0 unspecified atom stereocenters. The summed E-state index contributed by atoms with van der Waals surface area (Å²) in [5.74, 6) is 0.167. The molecule has 0 radical (unpaired) electrons. The van der Waals surface area contributed by atoms with E-state index in [-0.39, 0.29) is 35.3 Å². The minimum Gasteiger partial charge on any atom is -0.404 e. The molecule has 0 aliphatic rings. The van der Waals surface area contributed by atoms with Crippen molar-refractivity contribution in [2.75, 3.05) is 0 Å². The zero-order valence-electron chi connectivity index (χ0n) is 6.54. The Morgan fingerprint density at radius 3 is 2.08 bits per heavy atom. The van der Waals surface area contributed by atoms with Crippen LogP contribution >= 0.6 is 7.82 Å². The minimum atomic E-state index is -4.39. The Kier molecular flexibility index (Phi) is 5.09. The fraction of sp³-hybridized carbons (Fsp3) is 0. The smallest absolute Gasteiger partial charge is 0.404 e. The Morgan fingerprint density at radius 1 is 1.17 bits per heavy atom. The maximum Gasteiger partial charge on any atom is 1.00 e. The van der Waals surface area contributed by atoms with Gasteiger partial charge >= 0.3 is 37.4 Å². The first-order valence-corrected chi connectivity index (χ1v) is 4.41. The number of phosphoric acid groups is 1. The third-order valence-corrected chi connectivity index (χ3v) is 1.42. The first kappa shape index (κ1) is 12.2. The number of hydrogen-bond donors (Lipinski definition) is 2. The van der Waals surface area contributed by atoms with Crippen LogP contribution in [0.4, 0.5) is 0 Å². The quantitative estimate of drug-likeness (QED) is 0.432. The number of hydrogen-bond acceptors (Lipinski definition) is 2. The molecule has 60 valence electrons. The molecule has 0 bridgehead atoms. The standard InChI is InChI=1S/C6H7O4P.Na/c7-11(8,9)10-6-4-2-1-3-5-6;/h1-5H,(H2,7,8,9);/q;+1. The second-order valence-electron chi connectivity index (χ2n) is 1.89. The fourth-order valence-electron chi connectivity index (χ4n) is 0.619. The van der Waals surface area contributed by atoms with Crippen LogP contribution in [0.2, 0.25) is 0 Å². The molecule has 0 aromatic heterocycles. The first-order chi connectivity index (χ1) is 5.08. The van der Waals surface area contributed by atoms with Crippen LogP contribution in [-0.4, -0.2) is 9.79 Å². The van der Waals surface area contributed by atoms with Crippen molar-refractivity contribution in [1.29, 1.82) is 0 Å². The van der Waals surface area contributed by atoms with Crippen molar-refractivity contribution in [1.82, 2.24) is 0 Å². The Bertz CT molecular complexity index is 270. The predicted octanol–water partition coefficient (Wildman–Crippen LogP) is -1.84. The van der Waals surface area contributed by atoms with Crippen LogP contribution in [0, 0.1) is 0 Å². The SMILES string of the molecule is O=P(O)(O)Oc1ccccc1.[Na+]. The van der Waals surface area contributed by atoms with E-state index in [1.807, 2.05) is 0 Å². The van der Waals surface area contributed by atoms with Crippen molar-refractivity contribution in [3.8, 4) is 5.75 Å². The maximum atomic E-state index is 10.3. The van der Waals surface area contributed by atoms with Crippen molar-refractivity contribution >= 4 is 7.82 Å². The molecule has 0 amide bonds. The van der Waals surface area contributed by atoms with Crippen LogP contribution in [0.1, 0.15) is 0 Å². The Hall–Kier alpha value is 0.170. The van der Waals surface area contributed by atoms with Crippen molar-refractivity contribution in [3.63, 3.8) is 0 Å². The first-order valence-electron chi connectivity index (χ1n) is 2.88. The van der Waals surface area contributed by atoms with Crippen LogP contribution in [0.15, 0.2) is 30.3 Å². The molecular weight excluding hydrogens is 190 g/mol. The van der Waals surface area contributed by atoms with Crippen LogP contribution in [0.25, 0.3) is 0 Å². The van der Waals surface area contributed by atoms with E-state index < -0.39 is 7.82 Å². The number of phosphoric ester groups is 1. The van der Waals surface area contributed by atoms with E-state index in [1.165, 1.54) is 12.1 Å². The van der Waals surface area contributed by atoms with Crippen molar-refractivity contribution in [2.45, 2.75) is 0 Å². The summed E-state index contributed by atoms with van der Waals surface area (Å²) in [5, 5.41) is 0. The molecule has 0 aliphatic heterocycles. The van der Waals surface area contributed by atoms with E-state index in [4.69, 9.17) is 9.79 Å². The van der Waals surface area contributed by atoms with E-state index in [2.05, 4.69) is 4.52 Å². The molecule has 0 saturated heterocycles. The largest absolute Gasteiger partial charge is 1.00 e. The van der Waals surface area contributed by atoms with Gasteiger partial charge in [-0.15, -0.1) is 0 Å². The van der Waals surface area contributed by atoms with Gasteiger partial charge in [-0.1, -0.05) is 18.2 Å². The van der Waals surface area contributed by atoms with Gasteiger partial charge in [0.05, 0.1) is 0 Å². The molecule has 0 spiro atoms. The average molecular weight is 197 g/mol. The van der Waals surface area contributed by atoms with Gasteiger partial charge in [-0.2, -0.15) is 0 Å². The summed E-state index contributed by atoms with van der Waals surface area (Å²) in [6.07, 6.45) is 0. The van der Waals surface area contributed by atoms with Crippen LogP contribution < -0.4 is 34.1 Å². The third kappa shape index (κ3) is 4.93. The molecule has 0 heterocycles. The molecular formula is C6H7NaO4P+. The molecule has 1 aromatic rings. The summed E-state index contributed by atoms with van der Waals surface area (Å²) < 4.78 is 14.5. The summed E-state index contributed by atoms with van der Waals surface area (Å²) >= 11 is 0. The summed E-state index contributed by atoms with van der Waals surface area (Å²) in [5.41, 5.74) is 0.